The van der Waals surface area contributed by atoms with Gasteiger partial charge in [-0.2, -0.15) is 4.76 Å². The summed E-state index contributed by atoms with van der Waals surface area (Å²) in [6.45, 7) is 0. The third-order valence-corrected chi connectivity index (χ3v) is 4.58. The second kappa shape index (κ2) is 4.30. The van der Waals surface area contributed by atoms with E-state index in [2.05, 4.69) is 13.8 Å². The summed E-state index contributed by atoms with van der Waals surface area (Å²) in [7, 11) is -0.601. The molecule has 12 heavy (non-hydrogen) atoms. The number of nitrogens with zero attached hydrogens (tertiary/aromatic N) is 1. The van der Waals surface area contributed by atoms with Crippen molar-refractivity contribution < 1.29 is 13.6 Å². The lowest BCUT2D eigenvalue weighted by Gasteiger charge is -2.04. The summed E-state index contributed by atoms with van der Waals surface area (Å²) in [6, 6.07) is 0. The molecule has 68 valence electrons. The van der Waals surface area contributed by atoms with Gasteiger partial charge in [0, 0.05) is 25.0 Å². The molecule has 4 nitrogen and oxygen atoms in total. The Bertz CT molecular complexity index is 320. The third kappa shape index (κ3) is 2.50. The van der Waals surface area contributed by atoms with Crippen LogP contribution in [0.25, 0.3) is 0 Å². The van der Waals surface area contributed by atoms with Crippen molar-refractivity contribution in [1.82, 2.24) is 0 Å². The average Bonchev–Trinajstić information content (AvgIpc) is 2.57. The summed E-state index contributed by atoms with van der Waals surface area (Å²) in [4.78, 5) is 0. The highest BCUT2D eigenvalue weighted by atomic mass is 32.2. The van der Waals surface area contributed by atoms with Gasteiger partial charge in [-0.15, -0.1) is 22.7 Å². The largest absolute Gasteiger partial charge is 0.455 e. The van der Waals surface area contributed by atoms with Gasteiger partial charge in [0.15, 0.2) is 3.98 Å². The van der Waals surface area contributed by atoms with Crippen molar-refractivity contribution in [2.24, 2.45) is 4.76 Å². The number of hydrogen-bond donors (Lipinski definition) is 0. The molecule has 0 amide bonds. The van der Waals surface area contributed by atoms with E-state index < -0.39 is 7.75 Å². The molecule has 0 saturated heterocycles. The van der Waals surface area contributed by atoms with E-state index in [0.29, 0.717) is 3.98 Å². The van der Waals surface area contributed by atoms with E-state index in [1.165, 1.54) is 36.9 Å². The predicted octanol–water partition coefficient (Wildman–Crippen LogP) is 2.11. The Balaban J connectivity index is 3.00. The Labute approximate surface area is 78.1 Å². The Morgan fingerprint density at radius 2 is 1.83 bits per heavy atom. The van der Waals surface area contributed by atoms with Gasteiger partial charge in [0.2, 0.25) is 0 Å². The van der Waals surface area contributed by atoms with E-state index >= 15 is 0 Å². The van der Waals surface area contributed by atoms with Crippen molar-refractivity contribution in [1.29, 1.82) is 0 Å². The maximum Gasteiger partial charge on any atom is 0.455 e. The van der Waals surface area contributed by atoms with Crippen molar-refractivity contribution in [2.75, 3.05) is 14.2 Å². The maximum atomic E-state index is 11.4. The molecule has 0 atom stereocenters. The first-order valence-corrected chi connectivity index (χ1v) is 6.26. The fourth-order valence-corrected chi connectivity index (χ4v) is 3.23. The van der Waals surface area contributed by atoms with Crippen LogP contribution in [0.5, 0.6) is 0 Å². The van der Waals surface area contributed by atoms with Gasteiger partial charge < -0.3 is 0 Å². The van der Waals surface area contributed by atoms with Crippen LogP contribution >= 0.6 is 30.4 Å². The first kappa shape index (κ1) is 10.1. The molecule has 0 N–H and O–H groups in total. The normalized spacial score (nSPS) is 11.5. The van der Waals surface area contributed by atoms with Crippen molar-refractivity contribution in [3.63, 3.8) is 0 Å². The average molecular weight is 225 g/mol. The van der Waals surface area contributed by atoms with Crippen LogP contribution in [-0.4, -0.2) is 14.2 Å². The number of hydrogen-bond acceptors (Lipinski definition) is 5. The molecule has 0 aliphatic carbocycles. The molecule has 0 aliphatic rings. The summed E-state index contributed by atoms with van der Waals surface area (Å²) in [5, 5.41) is 3.72. The molecule has 0 aliphatic heterocycles. The second-order valence-electron chi connectivity index (χ2n) is 1.71. The van der Waals surface area contributed by atoms with Crippen molar-refractivity contribution >= 4 is 30.4 Å². The van der Waals surface area contributed by atoms with Crippen molar-refractivity contribution in [2.45, 2.75) is 0 Å². The molecular weight excluding hydrogens is 217 g/mol. The lowest BCUT2D eigenvalue weighted by molar-refractivity contribution is 0.276. The van der Waals surface area contributed by atoms with Crippen LogP contribution in [0, 0.1) is 0 Å². The molecule has 0 spiro atoms. The Kier molecular flexibility index (Phi) is 3.61. The van der Waals surface area contributed by atoms with Gasteiger partial charge in [-0.05, 0) is 0 Å². The molecule has 7 heteroatoms. The Morgan fingerprint density at radius 1 is 1.33 bits per heavy atom. The van der Waals surface area contributed by atoms with Gasteiger partial charge in [0.25, 0.3) is 0 Å². The van der Waals surface area contributed by atoms with Crippen LogP contribution in [0.4, 0.5) is 0 Å². The van der Waals surface area contributed by atoms with Crippen LogP contribution in [0.3, 0.4) is 0 Å². The zero-order valence-electron chi connectivity index (χ0n) is 6.59. The van der Waals surface area contributed by atoms with E-state index in [-0.39, 0.29) is 0 Å². The molecule has 1 aromatic heterocycles. The standard InChI is InChI=1S/C5H8NO3PS2/c1-8-10(7,9-2)6-5-11-3-4-12-5/h3-4H,1-2H3. The highest BCUT2D eigenvalue weighted by molar-refractivity contribution is 7.52. The SMILES string of the molecule is COP(=O)(N=c1sccs1)OC. The highest BCUT2D eigenvalue weighted by Crippen LogP contribution is 2.47. The van der Waals surface area contributed by atoms with E-state index in [9.17, 15) is 4.57 Å². The summed E-state index contributed by atoms with van der Waals surface area (Å²) >= 11 is 2.80. The van der Waals surface area contributed by atoms with E-state index in [4.69, 9.17) is 0 Å². The fourth-order valence-electron chi connectivity index (χ4n) is 0.503. The lowest BCUT2D eigenvalue weighted by atomic mass is 11.2. The molecule has 0 saturated carbocycles. The van der Waals surface area contributed by atoms with Gasteiger partial charge in [-0.25, -0.2) is 4.57 Å². The van der Waals surface area contributed by atoms with Crippen LogP contribution < -0.4 is 3.98 Å². The molecule has 0 aromatic carbocycles. The summed E-state index contributed by atoms with van der Waals surface area (Å²) < 4.78 is 25.2. The van der Waals surface area contributed by atoms with Crippen LogP contribution in [0.1, 0.15) is 0 Å². The Hall–Kier alpha value is -0.0000000000000000208. The molecule has 0 unspecified atom stereocenters. The smallest absolute Gasteiger partial charge is 0.294 e. The zero-order valence-corrected chi connectivity index (χ0v) is 9.12. The van der Waals surface area contributed by atoms with E-state index in [1.807, 2.05) is 10.8 Å². The van der Waals surface area contributed by atoms with E-state index in [0.717, 1.165) is 0 Å². The topological polar surface area (TPSA) is 47.9 Å². The highest BCUT2D eigenvalue weighted by Gasteiger charge is 2.18. The minimum atomic E-state index is -3.22. The van der Waals surface area contributed by atoms with Crippen LogP contribution in [0.2, 0.25) is 0 Å². The minimum Gasteiger partial charge on any atom is -0.294 e. The molecular formula is C5H8NO3PS2. The summed E-state index contributed by atoms with van der Waals surface area (Å²) in [6.07, 6.45) is 0. The summed E-state index contributed by atoms with van der Waals surface area (Å²) in [5.41, 5.74) is 0. The number of rotatable bonds is 3. The monoisotopic (exact) mass is 225 g/mol. The van der Waals surface area contributed by atoms with Gasteiger partial charge in [0.05, 0.1) is 0 Å². The van der Waals surface area contributed by atoms with Crippen molar-refractivity contribution in [3.8, 4) is 0 Å². The van der Waals surface area contributed by atoms with Gasteiger partial charge in [-0.1, -0.05) is 0 Å². The quantitative estimate of drug-likeness (QED) is 0.740. The van der Waals surface area contributed by atoms with Crippen molar-refractivity contribution in [3.05, 3.63) is 14.7 Å². The Morgan fingerprint density at radius 3 is 2.25 bits per heavy atom. The zero-order chi connectivity index (χ0) is 9.03. The second-order valence-corrected chi connectivity index (χ2v) is 5.62. The molecule has 1 rings (SSSR count). The molecule has 1 aromatic rings. The van der Waals surface area contributed by atoms with Gasteiger partial charge >= 0.3 is 7.75 Å². The molecule has 1 heterocycles. The summed E-state index contributed by atoms with van der Waals surface area (Å²) in [5.74, 6) is 0. The van der Waals surface area contributed by atoms with Crippen LogP contribution in [-0.2, 0) is 13.6 Å². The maximum absolute atomic E-state index is 11.4. The molecule has 0 radical (unpaired) electrons. The predicted molar refractivity (Wildman–Crippen MR) is 49.4 cm³/mol. The minimum absolute atomic E-state index is 0.682. The van der Waals surface area contributed by atoms with E-state index in [1.54, 1.807) is 0 Å². The first-order valence-electron chi connectivity index (χ1n) is 3.00. The fraction of sp³-hybridized carbons (Fsp3) is 0.400. The molecule has 0 bridgehead atoms. The lowest BCUT2D eigenvalue weighted by Crippen LogP contribution is -1.91. The molecule has 0 fully saturated rings. The third-order valence-electron chi connectivity index (χ3n) is 1.06. The van der Waals surface area contributed by atoms with Gasteiger partial charge in [0.1, 0.15) is 0 Å². The van der Waals surface area contributed by atoms with Gasteiger partial charge in [-0.3, -0.25) is 9.05 Å². The first-order chi connectivity index (χ1) is 5.70. The van der Waals surface area contributed by atoms with Crippen LogP contribution in [0.15, 0.2) is 15.5 Å².